The number of rotatable bonds is 3. The first-order valence-corrected chi connectivity index (χ1v) is 5.33. The van der Waals surface area contributed by atoms with Gasteiger partial charge in [0.1, 0.15) is 5.69 Å². The summed E-state index contributed by atoms with van der Waals surface area (Å²) in [5.74, 6) is -0.309. The van der Waals surface area contributed by atoms with Gasteiger partial charge in [0.2, 0.25) is 0 Å². The van der Waals surface area contributed by atoms with Crippen molar-refractivity contribution in [3.8, 4) is 6.07 Å². The van der Waals surface area contributed by atoms with Crippen molar-refractivity contribution in [2.75, 3.05) is 5.32 Å². The van der Waals surface area contributed by atoms with Crippen LogP contribution in [0.2, 0.25) is 0 Å². The van der Waals surface area contributed by atoms with Gasteiger partial charge >= 0.3 is 0 Å². The van der Waals surface area contributed by atoms with Crippen LogP contribution in [0.4, 0.5) is 5.69 Å². The molecular weight excluding hydrogens is 228 g/mol. The number of nitriles is 1. The van der Waals surface area contributed by atoms with Crippen LogP contribution < -0.4 is 5.32 Å². The number of benzene rings is 1. The van der Waals surface area contributed by atoms with Crippen molar-refractivity contribution in [1.29, 1.82) is 5.26 Å². The van der Waals surface area contributed by atoms with E-state index in [1.807, 2.05) is 0 Å². The Morgan fingerprint density at radius 2 is 2.06 bits per heavy atom. The Balaban J connectivity index is 2.06. The van der Waals surface area contributed by atoms with Gasteiger partial charge in [0.15, 0.2) is 0 Å². The van der Waals surface area contributed by atoms with E-state index in [9.17, 15) is 4.79 Å². The van der Waals surface area contributed by atoms with Gasteiger partial charge in [0, 0.05) is 18.1 Å². The van der Waals surface area contributed by atoms with Gasteiger partial charge in [-0.05, 0) is 17.7 Å². The minimum atomic E-state index is -0.309. The van der Waals surface area contributed by atoms with E-state index in [-0.39, 0.29) is 11.6 Å². The van der Waals surface area contributed by atoms with E-state index in [0.29, 0.717) is 12.1 Å². The molecule has 5 nitrogen and oxygen atoms in total. The van der Waals surface area contributed by atoms with E-state index in [4.69, 9.17) is 5.26 Å². The van der Waals surface area contributed by atoms with Crippen LogP contribution in [0, 0.1) is 11.3 Å². The fourth-order valence-electron chi connectivity index (χ4n) is 1.41. The number of aromatic nitrogens is 2. The fourth-order valence-corrected chi connectivity index (χ4v) is 1.41. The lowest BCUT2D eigenvalue weighted by Crippen LogP contribution is -2.13. The highest BCUT2D eigenvalue weighted by molar-refractivity contribution is 6.02. The molecule has 0 fully saturated rings. The zero-order valence-corrected chi connectivity index (χ0v) is 9.50. The van der Waals surface area contributed by atoms with Crippen molar-refractivity contribution in [1.82, 2.24) is 9.97 Å². The van der Waals surface area contributed by atoms with Crippen molar-refractivity contribution < 1.29 is 4.79 Å². The number of amides is 1. The minimum absolute atomic E-state index is 0.263. The number of hydrogen-bond acceptors (Lipinski definition) is 4. The molecule has 2 rings (SSSR count). The Hall–Kier alpha value is -2.74. The Morgan fingerprint density at radius 3 is 2.67 bits per heavy atom. The minimum Gasteiger partial charge on any atom is -0.321 e. The van der Waals surface area contributed by atoms with E-state index in [0.717, 1.165) is 5.56 Å². The summed E-state index contributed by atoms with van der Waals surface area (Å²) in [6.45, 7) is 0. The molecule has 0 bridgehead atoms. The summed E-state index contributed by atoms with van der Waals surface area (Å²) in [6, 6.07) is 9.17. The van der Waals surface area contributed by atoms with Crippen LogP contribution in [-0.2, 0) is 6.42 Å². The van der Waals surface area contributed by atoms with Crippen molar-refractivity contribution in [2.24, 2.45) is 0 Å². The number of hydrogen-bond donors (Lipinski definition) is 1. The second-order valence-electron chi connectivity index (χ2n) is 3.58. The van der Waals surface area contributed by atoms with Crippen LogP contribution in [0.25, 0.3) is 0 Å². The Kier molecular flexibility index (Phi) is 3.62. The molecule has 1 amide bonds. The van der Waals surface area contributed by atoms with Gasteiger partial charge < -0.3 is 5.32 Å². The summed E-state index contributed by atoms with van der Waals surface area (Å²) in [7, 11) is 0. The highest BCUT2D eigenvalue weighted by atomic mass is 16.1. The number of nitrogens with zero attached hydrogens (tertiary/aromatic N) is 3. The molecule has 88 valence electrons. The predicted octanol–water partition coefficient (Wildman–Crippen LogP) is 1.79. The summed E-state index contributed by atoms with van der Waals surface area (Å²) in [5, 5.41) is 11.3. The normalized spacial score (nSPS) is 9.50. The molecular formula is C13H10N4O. The molecule has 1 heterocycles. The van der Waals surface area contributed by atoms with Gasteiger partial charge in [-0.1, -0.05) is 12.1 Å². The molecule has 0 aliphatic rings. The van der Waals surface area contributed by atoms with Gasteiger partial charge in [-0.25, -0.2) is 4.98 Å². The van der Waals surface area contributed by atoms with Crippen LogP contribution >= 0.6 is 0 Å². The highest BCUT2D eigenvalue weighted by Crippen LogP contribution is 2.10. The number of carbonyl (C=O) groups is 1. The van der Waals surface area contributed by atoms with Crippen LogP contribution in [0.15, 0.2) is 42.9 Å². The van der Waals surface area contributed by atoms with E-state index in [1.54, 1.807) is 24.3 Å². The summed E-state index contributed by atoms with van der Waals surface area (Å²) in [5.41, 5.74) is 1.83. The lowest BCUT2D eigenvalue weighted by Gasteiger charge is -2.04. The third kappa shape index (κ3) is 2.89. The molecule has 0 saturated heterocycles. The first kappa shape index (κ1) is 11.7. The number of anilines is 1. The van der Waals surface area contributed by atoms with Crippen molar-refractivity contribution in [3.63, 3.8) is 0 Å². The maximum atomic E-state index is 11.8. The topological polar surface area (TPSA) is 78.7 Å². The van der Waals surface area contributed by atoms with Crippen LogP contribution in [-0.4, -0.2) is 15.9 Å². The lowest BCUT2D eigenvalue weighted by atomic mass is 10.1. The first-order chi connectivity index (χ1) is 8.79. The van der Waals surface area contributed by atoms with Gasteiger partial charge in [0.05, 0.1) is 18.7 Å². The van der Waals surface area contributed by atoms with E-state index >= 15 is 0 Å². The second kappa shape index (κ2) is 5.55. The molecule has 1 N–H and O–H groups in total. The maximum absolute atomic E-state index is 11.8. The average molecular weight is 238 g/mol. The quantitative estimate of drug-likeness (QED) is 0.884. The molecule has 5 heteroatoms. The van der Waals surface area contributed by atoms with Crippen LogP contribution in [0.5, 0.6) is 0 Å². The molecule has 0 unspecified atom stereocenters. The Labute approximate surface area is 104 Å². The molecule has 1 aromatic carbocycles. The summed E-state index contributed by atoms with van der Waals surface area (Å²) in [4.78, 5) is 19.5. The number of carbonyl (C=O) groups excluding carboxylic acids is 1. The molecule has 1 aromatic heterocycles. The van der Waals surface area contributed by atoms with Crippen molar-refractivity contribution in [3.05, 3.63) is 54.1 Å². The van der Waals surface area contributed by atoms with Gasteiger partial charge in [-0.3, -0.25) is 9.78 Å². The summed E-state index contributed by atoms with van der Waals surface area (Å²) in [6.07, 6.45) is 4.73. The van der Waals surface area contributed by atoms with Crippen LogP contribution in [0.3, 0.4) is 0 Å². The Bertz CT molecular complexity index is 572. The molecule has 0 aliphatic carbocycles. The molecule has 0 spiro atoms. The molecule has 0 saturated carbocycles. The largest absolute Gasteiger partial charge is 0.321 e. The zero-order chi connectivity index (χ0) is 12.8. The summed E-state index contributed by atoms with van der Waals surface area (Å²) >= 11 is 0. The summed E-state index contributed by atoms with van der Waals surface area (Å²) < 4.78 is 0. The zero-order valence-electron chi connectivity index (χ0n) is 9.50. The third-order valence-electron chi connectivity index (χ3n) is 2.29. The van der Waals surface area contributed by atoms with E-state index < -0.39 is 0 Å². The molecule has 0 radical (unpaired) electrons. The maximum Gasteiger partial charge on any atom is 0.275 e. The monoisotopic (exact) mass is 238 g/mol. The fraction of sp³-hybridized carbons (Fsp3) is 0.0769. The average Bonchev–Trinajstić information content (AvgIpc) is 2.42. The van der Waals surface area contributed by atoms with Gasteiger partial charge in [-0.15, -0.1) is 0 Å². The van der Waals surface area contributed by atoms with Crippen molar-refractivity contribution >= 4 is 11.6 Å². The van der Waals surface area contributed by atoms with Crippen LogP contribution in [0.1, 0.15) is 16.1 Å². The standard InChI is InChI=1S/C13H10N4O/c14-6-5-10-1-3-11(4-2-10)17-13(18)12-9-15-7-8-16-12/h1-4,7-9H,5H2,(H,17,18). The van der Waals surface area contributed by atoms with E-state index in [1.165, 1.54) is 18.6 Å². The third-order valence-corrected chi connectivity index (χ3v) is 2.29. The van der Waals surface area contributed by atoms with Gasteiger partial charge in [0.25, 0.3) is 5.91 Å². The smallest absolute Gasteiger partial charge is 0.275 e. The van der Waals surface area contributed by atoms with Gasteiger partial charge in [-0.2, -0.15) is 5.26 Å². The highest BCUT2D eigenvalue weighted by Gasteiger charge is 2.06. The predicted molar refractivity (Wildman–Crippen MR) is 65.7 cm³/mol. The molecule has 0 aliphatic heterocycles. The Morgan fingerprint density at radius 1 is 1.28 bits per heavy atom. The molecule has 0 atom stereocenters. The lowest BCUT2D eigenvalue weighted by molar-refractivity contribution is 0.102. The van der Waals surface area contributed by atoms with Crippen molar-refractivity contribution in [2.45, 2.75) is 6.42 Å². The molecule has 2 aromatic rings. The SMILES string of the molecule is N#CCc1ccc(NC(=O)c2cnccn2)cc1. The molecule has 18 heavy (non-hydrogen) atoms. The van der Waals surface area contributed by atoms with E-state index in [2.05, 4.69) is 21.4 Å². The number of nitrogens with one attached hydrogen (secondary N) is 1. The second-order valence-corrected chi connectivity index (χ2v) is 3.58. The first-order valence-electron chi connectivity index (χ1n) is 5.33.